The molecule has 0 aromatic heterocycles. The molecule has 2 heterocycles. The quantitative estimate of drug-likeness (QED) is 0.354. The monoisotopic (exact) mass is 380 g/mol. The minimum absolute atomic E-state index is 0.0180. The normalized spacial score (nSPS) is 31.7. The summed E-state index contributed by atoms with van der Waals surface area (Å²) in [6, 6.07) is 0. The summed E-state index contributed by atoms with van der Waals surface area (Å²) in [5, 5.41) is 29.2. The predicted octanol–water partition coefficient (Wildman–Crippen LogP) is 3.84. The van der Waals surface area contributed by atoms with Crippen molar-refractivity contribution < 1.29 is 24.9 Å². The van der Waals surface area contributed by atoms with Gasteiger partial charge in [-0.05, 0) is 32.6 Å². The lowest BCUT2D eigenvalue weighted by molar-refractivity contribution is -0.137. The molecule has 0 aromatic rings. The Labute approximate surface area is 163 Å². The highest BCUT2D eigenvalue weighted by Gasteiger charge is 2.53. The highest BCUT2D eigenvalue weighted by Crippen LogP contribution is 2.47. The van der Waals surface area contributed by atoms with Crippen LogP contribution in [-0.2, 0) is 9.53 Å². The number of aliphatic hydroxyl groups excluding tert-OH is 2. The fourth-order valence-corrected chi connectivity index (χ4v) is 4.39. The fourth-order valence-electron chi connectivity index (χ4n) is 4.39. The number of aliphatic carboxylic acids is 1. The van der Waals surface area contributed by atoms with Crippen LogP contribution in [0.4, 0.5) is 0 Å². The fraction of sp³-hybridized carbons (Fsp3) is 0.773. The molecule has 2 bridgehead atoms. The first-order valence-electron chi connectivity index (χ1n) is 10.5. The van der Waals surface area contributed by atoms with E-state index in [2.05, 4.69) is 26.0 Å². The van der Waals surface area contributed by atoms with Crippen LogP contribution in [-0.4, -0.2) is 45.7 Å². The number of carbonyl (C=O) groups is 1. The first-order chi connectivity index (χ1) is 12.9. The summed E-state index contributed by atoms with van der Waals surface area (Å²) in [7, 11) is 0. The van der Waals surface area contributed by atoms with Crippen LogP contribution in [0.2, 0.25) is 0 Å². The number of unbranched alkanes of at least 4 members (excludes halogenated alkanes) is 4. The summed E-state index contributed by atoms with van der Waals surface area (Å²) < 4.78 is 6.02. The highest BCUT2D eigenvalue weighted by atomic mass is 16.5. The molecule has 2 rings (SSSR count). The molecule has 0 aromatic carbocycles. The summed E-state index contributed by atoms with van der Waals surface area (Å²) in [6.45, 7) is 4.23. The number of carboxylic acid groups (broad SMARTS) is 1. The number of aliphatic hydroxyl groups is 2. The van der Waals surface area contributed by atoms with Gasteiger partial charge in [-0.15, -0.1) is 0 Å². The second-order valence-corrected chi connectivity index (χ2v) is 8.08. The number of ether oxygens (including phenoxy) is 1. The Balaban J connectivity index is 1.93. The summed E-state index contributed by atoms with van der Waals surface area (Å²) >= 11 is 0. The average Bonchev–Trinajstić information content (AvgIpc) is 3.16. The Bertz CT molecular complexity index is 527. The van der Waals surface area contributed by atoms with Gasteiger partial charge in [-0.1, -0.05) is 50.0 Å². The molecule has 27 heavy (non-hydrogen) atoms. The number of allylic oxidation sites excluding steroid dienone is 1. The van der Waals surface area contributed by atoms with Gasteiger partial charge in [0.25, 0.3) is 0 Å². The van der Waals surface area contributed by atoms with Crippen molar-refractivity contribution in [1.82, 2.24) is 0 Å². The van der Waals surface area contributed by atoms with E-state index in [0.29, 0.717) is 12.8 Å². The minimum Gasteiger partial charge on any atom is -0.481 e. The molecule has 0 amide bonds. The standard InChI is InChI=1S/C22H36O5/c1-3-4-6-10-16(23)12-13-17-19-14-18(24)22(27-19)21(17)15(2)9-7-5-8-11-20(25)26/h9,12-13,16-19,21-24H,3-8,10-11,14H2,1-2H3,(H,25,26)/b13-12+,15-9-/t16?,17-,18-,19+,21+,22-/m1/s1. The first kappa shape index (κ1) is 22.1. The summed E-state index contributed by atoms with van der Waals surface area (Å²) in [5.74, 6) is -0.421. The lowest BCUT2D eigenvalue weighted by Crippen LogP contribution is -2.36. The number of hydrogen-bond donors (Lipinski definition) is 3. The molecule has 2 aliphatic heterocycles. The molecule has 1 unspecified atom stereocenters. The molecule has 154 valence electrons. The van der Waals surface area contributed by atoms with Crippen molar-refractivity contribution in [2.75, 3.05) is 0 Å². The van der Waals surface area contributed by atoms with E-state index in [-0.39, 0.29) is 30.5 Å². The Morgan fingerprint density at radius 1 is 1.26 bits per heavy atom. The Kier molecular flexibility index (Phi) is 9.00. The van der Waals surface area contributed by atoms with Crippen LogP contribution < -0.4 is 0 Å². The molecule has 0 spiro atoms. The summed E-state index contributed by atoms with van der Waals surface area (Å²) in [5.41, 5.74) is 1.20. The molecule has 2 aliphatic rings. The number of carboxylic acids is 1. The van der Waals surface area contributed by atoms with Gasteiger partial charge in [0.15, 0.2) is 0 Å². The third kappa shape index (κ3) is 6.44. The van der Waals surface area contributed by atoms with E-state index in [1.807, 2.05) is 6.08 Å². The highest BCUT2D eigenvalue weighted by molar-refractivity contribution is 5.66. The number of fused-ring (bicyclic) bond motifs is 2. The van der Waals surface area contributed by atoms with Crippen LogP contribution in [0.3, 0.4) is 0 Å². The molecular weight excluding hydrogens is 344 g/mol. The maximum absolute atomic E-state index is 10.6. The van der Waals surface area contributed by atoms with Gasteiger partial charge >= 0.3 is 5.97 Å². The van der Waals surface area contributed by atoms with Crippen molar-refractivity contribution >= 4 is 5.97 Å². The zero-order valence-electron chi connectivity index (χ0n) is 16.7. The maximum atomic E-state index is 10.6. The van der Waals surface area contributed by atoms with Crippen molar-refractivity contribution in [3.8, 4) is 0 Å². The largest absolute Gasteiger partial charge is 0.481 e. The van der Waals surface area contributed by atoms with Crippen LogP contribution in [0.15, 0.2) is 23.8 Å². The van der Waals surface area contributed by atoms with Gasteiger partial charge in [-0.3, -0.25) is 4.79 Å². The van der Waals surface area contributed by atoms with E-state index in [4.69, 9.17) is 9.84 Å². The Morgan fingerprint density at radius 2 is 2.04 bits per heavy atom. The molecule has 0 radical (unpaired) electrons. The minimum atomic E-state index is -0.747. The van der Waals surface area contributed by atoms with Crippen LogP contribution in [0, 0.1) is 11.8 Å². The van der Waals surface area contributed by atoms with Crippen molar-refractivity contribution in [2.45, 2.75) is 96.1 Å². The molecular formula is C22H36O5. The van der Waals surface area contributed by atoms with E-state index in [1.165, 1.54) is 5.57 Å². The predicted molar refractivity (Wildman–Crippen MR) is 105 cm³/mol. The van der Waals surface area contributed by atoms with Gasteiger partial charge in [0.1, 0.15) is 0 Å². The first-order valence-corrected chi connectivity index (χ1v) is 10.5. The number of hydrogen-bond acceptors (Lipinski definition) is 4. The van der Waals surface area contributed by atoms with E-state index < -0.39 is 18.2 Å². The third-order valence-electron chi connectivity index (χ3n) is 5.88. The summed E-state index contributed by atoms with van der Waals surface area (Å²) in [4.78, 5) is 10.6. The third-order valence-corrected chi connectivity index (χ3v) is 5.88. The molecule has 0 aliphatic carbocycles. The topological polar surface area (TPSA) is 87.0 Å². The van der Waals surface area contributed by atoms with Crippen molar-refractivity contribution in [1.29, 1.82) is 0 Å². The van der Waals surface area contributed by atoms with E-state index >= 15 is 0 Å². The van der Waals surface area contributed by atoms with Gasteiger partial charge in [0.05, 0.1) is 24.4 Å². The van der Waals surface area contributed by atoms with Gasteiger partial charge in [0.2, 0.25) is 0 Å². The molecule has 2 saturated heterocycles. The SMILES string of the molecule is CCCCCC(O)/C=C/[C@H]1[C@H](/C(C)=C\CCCCC(=O)O)[C@@H]2O[C@H]1C[C@H]2O. The lowest BCUT2D eigenvalue weighted by Gasteiger charge is -2.30. The zero-order chi connectivity index (χ0) is 19.8. The smallest absolute Gasteiger partial charge is 0.303 e. The van der Waals surface area contributed by atoms with E-state index in [1.54, 1.807) is 0 Å². The van der Waals surface area contributed by atoms with Gasteiger partial charge in [-0.25, -0.2) is 0 Å². The maximum Gasteiger partial charge on any atom is 0.303 e. The molecule has 2 fully saturated rings. The Hall–Kier alpha value is -1.17. The van der Waals surface area contributed by atoms with Crippen LogP contribution in [0.25, 0.3) is 0 Å². The zero-order valence-corrected chi connectivity index (χ0v) is 16.7. The average molecular weight is 381 g/mol. The molecule has 5 nitrogen and oxygen atoms in total. The van der Waals surface area contributed by atoms with Gasteiger partial charge < -0.3 is 20.1 Å². The van der Waals surface area contributed by atoms with Crippen molar-refractivity contribution in [3.63, 3.8) is 0 Å². The second kappa shape index (κ2) is 11.0. The molecule has 5 heteroatoms. The Morgan fingerprint density at radius 3 is 2.74 bits per heavy atom. The van der Waals surface area contributed by atoms with E-state index in [9.17, 15) is 15.0 Å². The van der Waals surface area contributed by atoms with Crippen molar-refractivity contribution in [3.05, 3.63) is 23.8 Å². The van der Waals surface area contributed by atoms with Crippen LogP contribution in [0.5, 0.6) is 0 Å². The molecule has 6 atom stereocenters. The second-order valence-electron chi connectivity index (χ2n) is 8.08. The van der Waals surface area contributed by atoms with Crippen molar-refractivity contribution in [2.24, 2.45) is 11.8 Å². The van der Waals surface area contributed by atoms with Gasteiger partial charge in [0, 0.05) is 24.7 Å². The van der Waals surface area contributed by atoms with E-state index in [0.717, 1.165) is 38.5 Å². The molecule has 0 saturated carbocycles. The van der Waals surface area contributed by atoms with Crippen LogP contribution in [0.1, 0.15) is 71.6 Å². The lowest BCUT2D eigenvalue weighted by atomic mass is 9.74. The number of rotatable bonds is 12. The molecule has 3 N–H and O–H groups in total. The van der Waals surface area contributed by atoms with Crippen LogP contribution >= 0.6 is 0 Å². The summed E-state index contributed by atoms with van der Waals surface area (Å²) in [6.07, 6.45) is 12.5. The van der Waals surface area contributed by atoms with Gasteiger partial charge in [-0.2, -0.15) is 0 Å².